The van der Waals surface area contributed by atoms with Gasteiger partial charge in [-0.2, -0.15) is 0 Å². The van der Waals surface area contributed by atoms with Crippen LogP contribution in [-0.4, -0.2) is 25.0 Å². The van der Waals surface area contributed by atoms with E-state index in [4.69, 9.17) is 4.74 Å². The van der Waals surface area contributed by atoms with E-state index in [0.29, 0.717) is 12.0 Å². The van der Waals surface area contributed by atoms with E-state index in [-0.39, 0.29) is 5.91 Å². The highest BCUT2D eigenvalue weighted by atomic mass is 79.9. The Morgan fingerprint density at radius 2 is 1.77 bits per heavy atom. The summed E-state index contributed by atoms with van der Waals surface area (Å²) < 4.78 is 5.77. The zero-order valence-electron chi connectivity index (χ0n) is 14.2. The fourth-order valence-corrected chi connectivity index (χ4v) is 3.25. The van der Waals surface area contributed by atoms with Crippen LogP contribution in [0.15, 0.2) is 71.2 Å². The SMILES string of the molecule is COC(=O)[C@H](Cc1cccc(Br)c1)NC(=O)c1ccc2ccccc2c1. The second-order valence-corrected chi connectivity index (χ2v) is 6.86. The number of rotatable bonds is 5. The van der Waals surface area contributed by atoms with E-state index in [1.807, 2.05) is 60.7 Å². The number of methoxy groups -OCH3 is 1. The molecule has 0 aliphatic rings. The Morgan fingerprint density at radius 3 is 2.50 bits per heavy atom. The summed E-state index contributed by atoms with van der Waals surface area (Å²) in [5.41, 5.74) is 1.43. The third-order valence-corrected chi connectivity index (χ3v) is 4.62. The van der Waals surface area contributed by atoms with Crippen LogP contribution in [0.5, 0.6) is 0 Å². The smallest absolute Gasteiger partial charge is 0.328 e. The van der Waals surface area contributed by atoms with Gasteiger partial charge in [-0.1, -0.05) is 58.4 Å². The first-order valence-electron chi connectivity index (χ1n) is 8.19. The maximum Gasteiger partial charge on any atom is 0.328 e. The van der Waals surface area contributed by atoms with Gasteiger partial charge in [-0.05, 0) is 40.6 Å². The minimum absolute atomic E-state index is 0.304. The van der Waals surface area contributed by atoms with E-state index in [9.17, 15) is 9.59 Å². The summed E-state index contributed by atoms with van der Waals surface area (Å²) in [6.45, 7) is 0. The van der Waals surface area contributed by atoms with Crippen LogP contribution in [-0.2, 0) is 16.0 Å². The molecule has 5 heteroatoms. The van der Waals surface area contributed by atoms with Crippen LogP contribution in [0.2, 0.25) is 0 Å². The first-order valence-corrected chi connectivity index (χ1v) is 8.98. The number of hydrogen-bond donors (Lipinski definition) is 1. The third-order valence-electron chi connectivity index (χ3n) is 4.13. The summed E-state index contributed by atoms with van der Waals surface area (Å²) in [6.07, 6.45) is 0.353. The minimum Gasteiger partial charge on any atom is -0.467 e. The van der Waals surface area contributed by atoms with Gasteiger partial charge in [0.2, 0.25) is 0 Å². The van der Waals surface area contributed by atoms with Crippen LogP contribution in [0, 0.1) is 0 Å². The Morgan fingerprint density at radius 1 is 1.00 bits per heavy atom. The van der Waals surface area contributed by atoms with Crippen molar-refractivity contribution in [1.82, 2.24) is 5.32 Å². The quantitative estimate of drug-likeness (QED) is 0.642. The van der Waals surface area contributed by atoms with Gasteiger partial charge >= 0.3 is 5.97 Å². The number of nitrogens with one attached hydrogen (secondary N) is 1. The van der Waals surface area contributed by atoms with Crippen molar-refractivity contribution < 1.29 is 14.3 Å². The zero-order chi connectivity index (χ0) is 18.5. The molecule has 0 aliphatic heterocycles. The highest BCUT2D eigenvalue weighted by Gasteiger charge is 2.22. The number of carbonyl (C=O) groups is 2. The first kappa shape index (κ1) is 18.1. The Labute approximate surface area is 160 Å². The molecular formula is C21H18BrNO3. The highest BCUT2D eigenvalue weighted by molar-refractivity contribution is 9.10. The van der Waals surface area contributed by atoms with Crippen molar-refractivity contribution in [3.8, 4) is 0 Å². The van der Waals surface area contributed by atoms with Gasteiger partial charge < -0.3 is 10.1 Å². The van der Waals surface area contributed by atoms with Gasteiger partial charge in [0.25, 0.3) is 5.91 Å². The van der Waals surface area contributed by atoms with Gasteiger partial charge in [-0.25, -0.2) is 4.79 Å². The van der Waals surface area contributed by atoms with Gasteiger partial charge in [0, 0.05) is 16.5 Å². The molecule has 3 aromatic carbocycles. The van der Waals surface area contributed by atoms with E-state index >= 15 is 0 Å². The molecule has 4 nitrogen and oxygen atoms in total. The summed E-state index contributed by atoms with van der Waals surface area (Å²) >= 11 is 3.41. The molecule has 0 fully saturated rings. The standard InChI is InChI=1S/C21H18BrNO3/c1-26-21(25)19(12-14-5-4-8-18(22)11-14)23-20(24)17-10-9-15-6-2-3-7-16(15)13-17/h2-11,13,19H,12H2,1H3,(H,23,24)/t19-/m0/s1. The monoisotopic (exact) mass is 411 g/mol. The van der Waals surface area contributed by atoms with Crippen LogP contribution in [0.25, 0.3) is 10.8 Å². The summed E-state index contributed by atoms with van der Waals surface area (Å²) in [6, 6.07) is 20.1. The minimum atomic E-state index is -0.756. The molecule has 0 bridgehead atoms. The molecule has 3 aromatic rings. The van der Waals surface area contributed by atoms with E-state index < -0.39 is 12.0 Å². The Kier molecular flexibility index (Phi) is 5.68. The van der Waals surface area contributed by atoms with Gasteiger partial charge in [0.1, 0.15) is 6.04 Å². The predicted octanol–water partition coefficient (Wildman–Crippen LogP) is 4.12. The molecule has 0 aromatic heterocycles. The van der Waals surface area contributed by atoms with Crippen LogP contribution in [0.4, 0.5) is 0 Å². The topological polar surface area (TPSA) is 55.4 Å². The van der Waals surface area contributed by atoms with Gasteiger partial charge in [-0.3, -0.25) is 4.79 Å². The second kappa shape index (κ2) is 8.15. The van der Waals surface area contributed by atoms with Crippen LogP contribution in [0.1, 0.15) is 15.9 Å². The van der Waals surface area contributed by atoms with Crippen molar-refractivity contribution in [3.63, 3.8) is 0 Å². The van der Waals surface area contributed by atoms with E-state index in [1.54, 1.807) is 6.07 Å². The molecule has 1 amide bonds. The lowest BCUT2D eigenvalue weighted by Gasteiger charge is -2.17. The zero-order valence-corrected chi connectivity index (χ0v) is 15.8. The largest absolute Gasteiger partial charge is 0.467 e. The maximum atomic E-state index is 12.6. The fraction of sp³-hybridized carbons (Fsp3) is 0.143. The number of ether oxygens (including phenoxy) is 1. The average Bonchev–Trinajstić information content (AvgIpc) is 2.66. The molecular weight excluding hydrogens is 394 g/mol. The van der Waals surface area contributed by atoms with Gasteiger partial charge in [0.15, 0.2) is 0 Å². The molecule has 132 valence electrons. The fourth-order valence-electron chi connectivity index (χ4n) is 2.81. The first-order chi connectivity index (χ1) is 12.6. The van der Waals surface area contributed by atoms with Crippen molar-refractivity contribution in [2.75, 3.05) is 7.11 Å². The normalized spacial score (nSPS) is 11.8. The number of hydrogen-bond acceptors (Lipinski definition) is 3. The molecule has 0 aliphatic carbocycles. The van der Waals surface area contributed by atoms with E-state index in [2.05, 4.69) is 21.2 Å². The second-order valence-electron chi connectivity index (χ2n) is 5.95. The van der Waals surface area contributed by atoms with Gasteiger partial charge in [-0.15, -0.1) is 0 Å². The number of benzene rings is 3. The molecule has 26 heavy (non-hydrogen) atoms. The predicted molar refractivity (Wildman–Crippen MR) is 105 cm³/mol. The Bertz CT molecular complexity index is 955. The highest BCUT2D eigenvalue weighted by Crippen LogP contribution is 2.17. The van der Waals surface area contributed by atoms with Crippen molar-refractivity contribution in [2.24, 2.45) is 0 Å². The maximum absolute atomic E-state index is 12.6. The van der Waals surface area contributed by atoms with Gasteiger partial charge in [0.05, 0.1) is 7.11 Å². The lowest BCUT2D eigenvalue weighted by atomic mass is 10.0. The number of carbonyl (C=O) groups excluding carboxylic acids is 2. The lowest BCUT2D eigenvalue weighted by Crippen LogP contribution is -2.43. The van der Waals surface area contributed by atoms with Crippen molar-refractivity contribution in [1.29, 1.82) is 0 Å². The molecule has 0 saturated carbocycles. The van der Waals surface area contributed by atoms with Crippen molar-refractivity contribution in [3.05, 3.63) is 82.3 Å². The van der Waals surface area contributed by atoms with Crippen molar-refractivity contribution in [2.45, 2.75) is 12.5 Å². The molecule has 0 saturated heterocycles. The Hall–Kier alpha value is -2.66. The summed E-state index contributed by atoms with van der Waals surface area (Å²) in [5.74, 6) is -0.778. The Balaban J connectivity index is 1.80. The summed E-state index contributed by atoms with van der Waals surface area (Å²) in [4.78, 5) is 24.8. The molecule has 0 radical (unpaired) electrons. The van der Waals surface area contributed by atoms with Crippen LogP contribution >= 0.6 is 15.9 Å². The lowest BCUT2D eigenvalue weighted by molar-refractivity contribution is -0.142. The molecule has 0 unspecified atom stereocenters. The molecule has 3 rings (SSSR count). The number of halogens is 1. The summed E-state index contributed by atoms with van der Waals surface area (Å²) in [7, 11) is 1.32. The van der Waals surface area contributed by atoms with Crippen molar-refractivity contribution >= 4 is 38.6 Å². The molecule has 0 heterocycles. The number of fused-ring (bicyclic) bond motifs is 1. The van der Waals surface area contributed by atoms with Crippen LogP contribution in [0.3, 0.4) is 0 Å². The molecule has 0 spiro atoms. The van der Waals surface area contributed by atoms with E-state index in [0.717, 1.165) is 20.8 Å². The number of esters is 1. The third kappa shape index (κ3) is 4.29. The number of amides is 1. The molecule has 1 N–H and O–H groups in total. The summed E-state index contributed by atoms with van der Waals surface area (Å²) in [5, 5.41) is 4.82. The van der Waals surface area contributed by atoms with E-state index in [1.165, 1.54) is 7.11 Å². The molecule has 1 atom stereocenters. The van der Waals surface area contributed by atoms with Crippen LogP contribution < -0.4 is 5.32 Å². The average molecular weight is 412 g/mol.